The van der Waals surface area contributed by atoms with Gasteiger partial charge in [-0.05, 0) is 74.2 Å². The Labute approximate surface area is 207 Å². The normalized spacial score (nSPS) is 18.5. The summed E-state index contributed by atoms with van der Waals surface area (Å²) in [5.41, 5.74) is 0.919. The molecule has 196 valence electrons. The second-order valence-electron chi connectivity index (χ2n) is 9.23. The molecule has 2 aromatic rings. The van der Waals surface area contributed by atoms with Crippen molar-refractivity contribution >= 4 is 5.91 Å². The van der Waals surface area contributed by atoms with Crippen molar-refractivity contribution < 1.29 is 36.9 Å². The number of nitrogens with zero attached hydrogens (tertiary/aromatic N) is 1. The highest BCUT2D eigenvalue weighted by Crippen LogP contribution is 2.34. The molecule has 4 rings (SSSR count). The highest BCUT2D eigenvalue weighted by atomic mass is 19.4. The SMILES string of the molecule is O=C(N[C@H](CN1CCCC1)[C@H](O)c1ccc2c(c1)OCCO2)C(CCc1ccc(F)cc1)C(F)(F)F. The number of rotatable bonds is 9. The number of nitrogens with one attached hydrogen (secondary N) is 1. The number of benzene rings is 2. The summed E-state index contributed by atoms with van der Waals surface area (Å²) < 4.78 is 65.8. The number of ether oxygens (including phenoxy) is 2. The Balaban J connectivity index is 1.50. The molecule has 3 atom stereocenters. The van der Waals surface area contributed by atoms with E-state index in [9.17, 15) is 27.5 Å². The molecule has 0 aromatic heterocycles. The zero-order chi connectivity index (χ0) is 25.7. The molecule has 2 aliphatic heterocycles. The maximum Gasteiger partial charge on any atom is 0.400 e. The highest BCUT2D eigenvalue weighted by Gasteiger charge is 2.45. The van der Waals surface area contributed by atoms with Crippen LogP contribution in [0.3, 0.4) is 0 Å². The number of fused-ring (bicyclic) bond motifs is 1. The number of aliphatic hydroxyl groups excluding tert-OH is 1. The summed E-state index contributed by atoms with van der Waals surface area (Å²) in [6, 6.07) is 9.05. The average molecular weight is 511 g/mol. The number of aliphatic hydroxyl groups is 1. The minimum atomic E-state index is -4.77. The lowest BCUT2D eigenvalue weighted by molar-refractivity contribution is -0.184. The third-order valence-electron chi connectivity index (χ3n) is 6.62. The molecule has 0 saturated carbocycles. The molecule has 1 amide bonds. The van der Waals surface area contributed by atoms with E-state index in [1.54, 1.807) is 18.2 Å². The highest BCUT2D eigenvalue weighted by molar-refractivity contribution is 5.80. The lowest BCUT2D eigenvalue weighted by Crippen LogP contribution is -2.50. The smallest absolute Gasteiger partial charge is 0.400 e. The summed E-state index contributed by atoms with van der Waals surface area (Å²) in [5.74, 6) is -2.98. The molecular formula is C26H30F4N2O4. The van der Waals surface area contributed by atoms with Crippen molar-refractivity contribution in [2.75, 3.05) is 32.8 Å². The Morgan fingerprint density at radius 3 is 2.36 bits per heavy atom. The van der Waals surface area contributed by atoms with E-state index >= 15 is 0 Å². The van der Waals surface area contributed by atoms with Gasteiger partial charge in [0.15, 0.2) is 11.5 Å². The van der Waals surface area contributed by atoms with Crippen LogP contribution in [0.4, 0.5) is 17.6 Å². The predicted molar refractivity (Wildman–Crippen MR) is 124 cm³/mol. The molecule has 1 saturated heterocycles. The van der Waals surface area contributed by atoms with Gasteiger partial charge in [0.1, 0.15) is 31.1 Å². The molecule has 36 heavy (non-hydrogen) atoms. The van der Waals surface area contributed by atoms with Crippen molar-refractivity contribution in [1.29, 1.82) is 0 Å². The number of carbonyl (C=O) groups is 1. The van der Waals surface area contributed by atoms with Crippen LogP contribution in [0.1, 0.15) is 36.5 Å². The molecule has 0 radical (unpaired) electrons. The van der Waals surface area contributed by atoms with Crippen LogP contribution in [-0.2, 0) is 11.2 Å². The molecule has 2 heterocycles. The Hall–Kier alpha value is -2.85. The number of likely N-dealkylation sites (tertiary alicyclic amines) is 1. The van der Waals surface area contributed by atoms with Gasteiger partial charge in [-0.3, -0.25) is 4.79 Å². The monoisotopic (exact) mass is 510 g/mol. The van der Waals surface area contributed by atoms with Crippen LogP contribution in [0.5, 0.6) is 11.5 Å². The number of alkyl halides is 3. The first-order valence-electron chi connectivity index (χ1n) is 12.1. The van der Waals surface area contributed by atoms with Crippen molar-refractivity contribution in [2.24, 2.45) is 5.92 Å². The van der Waals surface area contributed by atoms with Gasteiger partial charge in [-0.1, -0.05) is 18.2 Å². The number of halogens is 4. The van der Waals surface area contributed by atoms with Crippen LogP contribution in [0.25, 0.3) is 0 Å². The van der Waals surface area contributed by atoms with Crippen molar-refractivity contribution in [3.63, 3.8) is 0 Å². The molecule has 0 spiro atoms. The molecule has 0 aliphatic carbocycles. The summed E-state index contributed by atoms with van der Waals surface area (Å²) in [6.45, 7) is 2.45. The van der Waals surface area contributed by atoms with Gasteiger partial charge < -0.3 is 24.8 Å². The fourth-order valence-electron chi connectivity index (χ4n) is 4.63. The van der Waals surface area contributed by atoms with Gasteiger partial charge in [-0.2, -0.15) is 13.2 Å². The molecule has 2 N–H and O–H groups in total. The molecule has 1 unspecified atom stereocenters. The van der Waals surface area contributed by atoms with E-state index in [4.69, 9.17) is 9.47 Å². The first-order valence-corrected chi connectivity index (χ1v) is 12.1. The second kappa shape index (κ2) is 11.5. The van der Waals surface area contributed by atoms with Gasteiger partial charge in [-0.25, -0.2) is 4.39 Å². The van der Waals surface area contributed by atoms with Crippen molar-refractivity contribution in [3.05, 3.63) is 59.4 Å². The number of carbonyl (C=O) groups excluding carboxylic acids is 1. The van der Waals surface area contributed by atoms with Crippen LogP contribution >= 0.6 is 0 Å². The number of amides is 1. The molecule has 2 aromatic carbocycles. The van der Waals surface area contributed by atoms with Crippen molar-refractivity contribution in [3.8, 4) is 11.5 Å². The number of hydrogen-bond donors (Lipinski definition) is 2. The number of hydrogen-bond acceptors (Lipinski definition) is 5. The minimum absolute atomic E-state index is 0.0423. The molecule has 1 fully saturated rings. The van der Waals surface area contributed by atoms with E-state index in [1.807, 2.05) is 4.90 Å². The fourth-order valence-corrected chi connectivity index (χ4v) is 4.63. The molecule has 10 heteroatoms. The third kappa shape index (κ3) is 6.67. The third-order valence-corrected chi connectivity index (χ3v) is 6.62. The zero-order valence-corrected chi connectivity index (χ0v) is 19.8. The Morgan fingerprint density at radius 2 is 1.69 bits per heavy atom. The van der Waals surface area contributed by atoms with Crippen molar-refractivity contribution in [1.82, 2.24) is 10.2 Å². The fraction of sp³-hybridized carbons (Fsp3) is 0.500. The van der Waals surface area contributed by atoms with E-state index < -0.39 is 42.4 Å². The number of aryl methyl sites for hydroxylation is 1. The zero-order valence-electron chi connectivity index (χ0n) is 19.8. The van der Waals surface area contributed by atoms with Crippen LogP contribution in [0.2, 0.25) is 0 Å². The van der Waals surface area contributed by atoms with Crippen LogP contribution in [-0.4, -0.2) is 61.0 Å². The summed E-state index contributed by atoms with van der Waals surface area (Å²) in [4.78, 5) is 15.0. The summed E-state index contributed by atoms with van der Waals surface area (Å²) in [6.07, 6.45) is -4.66. The standard InChI is InChI=1S/C26H30F4N2O4/c27-19-7-3-17(4-8-19)5-9-20(26(28,29)30)25(34)31-21(16-32-11-1-2-12-32)24(33)18-6-10-22-23(15-18)36-14-13-35-22/h3-4,6-8,10,15,20-21,24,33H,1-2,5,9,11-14,16H2,(H,31,34)/t20?,21-,24-/m1/s1. The van der Waals surface area contributed by atoms with Crippen LogP contribution in [0.15, 0.2) is 42.5 Å². The Bertz CT molecular complexity index is 1030. The summed E-state index contributed by atoms with van der Waals surface area (Å²) >= 11 is 0. The first kappa shape index (κ1) is 26.2. The van der Waals surface area contributed by atoms with Gasteiger partial charge in [0, 0.05) is 6.54 Å². The van der Waals surface area contributed by atoms with Gasteiger partial charge in [0.25, 0.3) is 0 Å². The molecule has 2 aliphatic rings. The second-order valence-corrected chi connectivity index (χ2v) is 9.23. The largest absolute Gasteiger partial charge is 0.486 e. The quantitative estimate of drug-likeness (QED) is 0.499. The minimum Gasteiger partial charge on any atom is -0.486 e. The Kier molecular flexibility index (Phi) is 8.35. The summed E-state index contributed by atoms with van der Waals surface area (Å²) in [5, 5.41) is 13.6. The molecule has 6 nitrogen and oxygen atoms in total. The van der Waals surface area contributed by atoms with E-state index in [2.05, 4.69) is 5.32 Å². The Morgan fingerprint density at radius 1 is 1.03 bits per heavy atom. The molecular weight excluding hydrogens is 480 g/mol. The van der Waals surface area contributed by atoms with Crippen molar-refractivity contribution in [2.45, 2.75) is 44.0 Å². The first-order chi connectivity index (χ1) is 17.2. The maximum absolute atomic E-state index is 13.9. The predicted octanol–water partition coefficient (Wildman–Crippen LogP) is 4.02. The van der Waals surface area contributed by atoms with E-state index in [0.29, 0.717) is 35.8 Å². The van der Waals surface area contributed by atoms with E-state index in [0.717, 1.165) is 25.9 Å². The average Bonchev–Trinajstić information content (AvgIpc) is 3.36. The lowest BCUT2D eigenvalue weighted by Gasteiger charge is -2.31. The lowest BCUT2D eigenvalue weighted by atomic mass is 9.96. The molecule has 0 bridgehead atoms. The van der Waals surface area contributed by atoms with Gasteiger partial charge in [-0.15, -0.1) is 0 Å². The topological polar surface area (TPSA) is 71.0 Å². The van der Waals surface area contributed by atoms with Gasteiger partial charge in [0.05, 0.1) is 6.04 Å². The summed E-state index contributed by atoms with van der Waals surface area (Å²) in [7, 11) is 0. The maximum atomic E-state index is 13.9. The van der Waals surface area contributed by atoms with Crippen LogP contribution < -0.4 is 14.8 Å². The van der Waals surface area contributed by atoms with Gasteiger partial charge >= 0.3 is 6.18 Å². The van der Waals surface area contributed by atoms with Crippen LogP contribution in [0, 0.1) is 11.7 Å². The van der Waals surface area contributed by atoms with E-state index in [1.165, 1.54) is 24.3 Å². The van der Waals surface area contributed by atoms with E-state index in [-0.39, 0.29) is 13.0 Å². The van der Waals surface area contributed by atoms with Gasteiger partial charge in [0.2, 0.25) is 5.91 Å².